The van der Waals surface area contributed by atoms with Gasteiger partial charge < -0.3 is 8.92 Å². The summed E-state index contributed by atoms with van der Waals surface area (Å²) in [6.45, 7) is 12.4. The highest BCUT2D eigenvalue weighted by atomic mass is 32.2. The van der Waals surface area contributed by atoms with Crippen LogP contribution in [0.3, 0.4) is 0 Å². The zero-order chi connectivity index (χ0) is 18.4. The molecule has 1 aliphatic rings. The molecule has 0 aromatic rings. The average molecular weight is 356 g/mol. The smallest absolute Gasteiger partial charge is 0.486 e. The molecule has 0 fully saturated rings. The molecule has 23 heavy (non-hydrogen) atoms. The summed E-state index contributed by atoms with van der Waals surface area (Å²) in [5.41, 5.74) is -6.23. The SMILES string of the molecule is CC1=C(OS(=O)(=O)C(F)(F)F)C(C(C)(C)C)OC(C(C)(C)C)=C1. The first-order valence-corrected chi connectivity index (χ1v) is 8.48. The van der Waals surface area contributed by atoms with Crippen molar-refractivity contribution in [3.05, 3.63) is 23.2 Å². The maximum Gasteiger partial charge on any atom is 0.534 e. The molecule has 1 aliphatic heterocycles. The topological polar surface area (TPSA) is 52.6 Å². The molecule has 0 N–H and O–H groups in total. The van der Waals surface area contributed by atoms with E-state index >= 15 is 0 Å². The molecule has 0 amide bonds. The van der Waals surface area contributed by atoms with Gasteiger partial charge in [-0.15, -0.1) is 0 Å². The van der Waals surface area contributed by atoms with Crippen molar-refractivity contribution in [2.75, 3.05) is 0 Å². The van der Waals surface area contributed by atoms with Crippen LogP contribution in [0.15, 0.2) is 23.2 Å². The molecule has 0 saturated carbocycles. The lowest BCUT2D eigenvalue weighted by Gasteiger charge is -2.39. The summed E-state index contributed by atoms with van der Waals surface area (Å²) in [6.07, 6.45) is 0.572. The lowest BCUT2D eigenvalue weighted by Crippen LogP contribution is -2.39. The Hall–Kier alpha value is -1.18. The Morgan fingerprint density at radius 3 is 1.91 bits per heavy atom. The molecular formula is C15H23F3O4S. The monoisotopic (exact) mass is 356 g/mol. The second-order valence-corrected chi connectivity index (χ2v) is 9.19. The minimum absolute atomic E-state index is 0.300. The molecular weight excluding hydrogens is 333 g/mol. The lowest BCUT2D eigenvalue weighted by molar-refractivity contribution is -0.0567. The van der Waals surface area contributed by atoms with Gasteiger partial charge in [0, 0.05) is 10.8 Å². The second kappa shape index (κ2) is 5.72. The van der Waals surface area contributed by atoms with E-state index in [1.807, 2.05) is 20.8 Å². The summed E-state index contributed by atoms with van der Waals surface area (Å²) < 4.78 is 70.8. The standard InChI is InChI=1S/C15H23F3O4S/c1-9-8-10(13(2,3)4)21-12(14(5,6)7)11(9)22-23(19,20)15(16,17)18/h8,12H,1-7H3. The van der Waals surface area contributed by atoms with Crippen molar-refractivity contribution in [3.63, 3.8) is 0 Å². The minimum atomic E-state index is -5.74. The molecule has 4 nitrogen and oxygen atoms in total. The van der Waals surface area contributed by atoms with E-state index < -0.39 is 27.1 Å². The Labute approximate surface area is 135 Å². The Kier molecular flexibility index (Phi) is 4.94. The Bertz CT molecular complexity index is 629. The number of alkyl halides is 3. The molecule has 0 radical (unpaired) electrons. The van der Waals surface area contributed by atoms with Crippen LogP contribution in [0.4, 0.5) is 13.2 Å². The van der Waals surface area contributed by atoms with E-state index in [-0.39, 0.29) is 11.2 Å². The fourth-order valence-corrected chi connectivity index (χ4v) is 2.48. The first-order chi connectivity index (χ1) is 9.97. The van der Waals surface area contributed by atoms with E-state index in [1.54, 1.807) is 20.8 Å². The molecule has 1 unspecified atom stereocenters. The Morgan fingerprint density at radius 1 is 1.09 bits per heavy atom. The van der Waals surface area contributed by atoms with Gasteiger partial charge in [-0.1, -0.05) is 41.5 Å². The second-order valence-electron chi connectivity index (χ2n) is 7.65. The highest BCUT2D eigenvalue weighted by molar-refractivity contribution is 7.87. The number of allylic oxidation sites excluding steroid dienone is 3. The highest BCUT2D eigenvalue weighted by Gasteiger charge is 2.51. The summed E-state index contributed by atoms with van der Waals surface area (Å²) >= 11 is 0. The number of halogens is 3. The van der Waals surface area contributed by atoms with Gasteiger partial charge in [0.2, 0.25) is 0 Å². The molecule has 0 bridgehead atoms. The molecule has 0 aliphatic carbocycles. The number of rotatable bonds is 2. The van der Waals surface area contributed by atoms with Gasteiger partial charge in [0.05, 0.1) is 0 Å². The predicted octanol–water partition coefficient (Wildman–Crippen LogP) is 4.50. The van der Waals surface area contributed by atoms with Gasteiger partial charge in [-0.2, -0.15) is 21.6 Å². The molecule has 8 heteroatoms. The van der Waals surface area contributed by atoms with E-state index in [0.717, 1.165) is 0 Å². The van der Waals surface area contributed by atoms with Gasteiger partial charge in [-0.25, -0.2) is 0 Å². The molecule has 1 heterocycles. The third-order valence-corrected chi connectivity index (χ3v) is 4.19. The summed E-state index contributed by atoms with van der Waals surface area (Å²) in [6, 6.07) is 0. The first-order valence-electron chi connectivity index (χ1n) is 7.07. The summed E-state index contributed by atoms with van der Waals surface area (Å²) in [5.74, 6) is 0.231. The maximum atomic E-state index is 12.6. The molecule has 1 rings (SSSR count). The van der Waals surface area contributed by atoms with E-state index in [9.17, 15) is 21.6 Å². The fraction of sp³-hybridized carbons (Fsp3) is 0.733. The molecule has 0 aromatic heterocycles. The van der Waals surface area contributed by atoms with Gasteiger partial charge in [-0.05, 0) is 18.6 Å². The summed E-state index contributed by atoms with van der Waals surface area (Å²) in [5, 5.41) is 0. The zero-order valence-electron chi connectivity index (χ0n) is 14.3. The molecule has 0 spiro atoms. The average Bonchev–Trinajstić information content (AvgIpc) is 2.26. The van der Waals surface area contributed by atoms with Crippen LogP contribution in [0.1, 0.15) is 48.5 Å². The van der Waals surface area contributed by atoms with Crippen molar-refractivity contribution >= 4 is 10.1 Å². The lowest BCUT2D eigenvalue weighted by atomic mass is 9.83. The summed E-state index contributed by atoms with van der Waals surface area (Å²) in [4.78, 5) is 0. The van der Waals surface area contributed by atoms with Crippen LogP contribution < -0.4 is 0 Å². The van der Waals surface area contributed by atoms with Crippen LogP contribution >= 0.6 is 0 Å². The van der Waals surface area contributed by atoms with E-state index in [4.69, 9.17) is 4.74 Å². The first kappa shape index (κ1) is 19.9. The fourth-order valence-electron chi connectivity index (χ4n) is 1.93. The third kappa shape index (κ3) is 4.43. The third-order valence-electron chi connectivity index (χ3n) is 3.23. The van der Waals surface area contributed by atoms with Crippen LogP contribution in [0.2, 0.25) is 0 Å². The maximum absolute atomic E-state index is 12.6. The molecule has 0 saturated heterocycles. The van der Waals surface area contributed by atoms with E-state index in [2.05, 4.69) is 4.18 Å². The predicted molar refractivity (Wildman–Crippen MR) is 80.6 cm³/mol. The van der Waals surface area contributed by atoms with Crippen molar-refractivity contribution in [2.45, 2.75) is 60.1 Å². The van der Waals surface area contributed by atoms with Crippen molar-refractivity contribution in [1.29, 1.82) is 0 Å². The number of hydrogen-bond acceptors (Lipinski definition) is 4. The Balaban J connectivity index is 3.42. The summed E-state index contributed by atoms with van der Waals surface area (Å²) in [7, 11) is -5.74. The molecule has 1 atom stereocenters. The zero-order valence-corrected chi connectivity index (χ0v) is 15.1. The quantitative estimate of drug-likeness (QED) is 0.540. The van der Waals surface area contributed by atoms with Gasteiger partial charge in [0.1, 0.15) is 5.76 Å². The van der Waals surface area contributed by atoms with Gasteiger partial charge in [0.15, 0.2) is 11.9 Å². The normalized spacial score (nSPS) is 21.0. The van der Waals surface area contributed by atoms with E-state index in [0.29, 0.717) is 11.3 Å². The van der Waals surface area contributed by atoms with Gasteiger partial charge in [0.25, 0.3) is 0 Å². The minimum Gasteiger partial charge on any atom is -0.486 e. The van der Waals surface area contributed by atoms with Crippen molar-refractivity contribution in [3.8, 4) is 0 Å². The van der Waals surface area contributed by atoms with Gasteiger partial charge >= 0.3 is 15.6 Å². The largest absolute Gasteiger partial charge is 0.534 e. The van der Waals surface area contributed by atoms with Crippen LogP contribution in [-0.4, -0.2) is 20.0 Å². The van der Waals surface area contributed by atoms with E-state index in [1.165, 1.54) is 13.0 Å². The van der Waals surface area contributed by atoms with Crippen LogP contribution in [-0.2, 0) is 19.0 Å². The van der Waals surface area contributed by atoms with Crippen LogP contribution in [0.25, 0.3) is 0 Å². The van der Waals surface area contributed by atoms with Gasteiger partial charge in [-0.3, -0.25) is 0 Å². The molecule has 134 valence electrons. The van der Waals surface area contributed by atoms with Crippen molar-refractivity contribution < 1.29 is 30.5 Å². The number of hydrogen-bond donors (Lipinski definition) is 0. The number of ether oxygens (including phenoxy) is 1. The molecule has 0 aromatic carbocycles. The highest BCUT2D eigenvalue weighted by Crippen LogP contribution is 2.42. The van der Waals surface area contributed by atoms with Crippen LogP contribution in [0.5, 0.6) is 0 Å². The Morgan fingerprint density at radius 2 is 1.57 bits per heavy atom. The van der Waals surface area contributed by atoms with Crippen molar-refractivity contribution in [1.82, 2.24) is 0 Å². The van der Waals surface area contributed by atoms with Crippen LogP contribution in [0, 0.1) is 10.8 Å². The van der Waals surface area contributed by atoms with Crippen molar-refractivity contribution in [2.24, 2.45) is 10.8 Å².